The number of benzene rings is 1. The maximum absolute atomic E-state index is 13.3. The fourth-order valence-corrected chi connectivity index (χ4v) is 2.96. The molecule has 156 valence electrons. The number of carbonyl (C=O) groups excluding carboxylic acids is 2. The van der Waals surface area contributed by atoms with Crippen LogP contribution in [0.4, 0.5) is 20.3 Å². The maximum atomic E-state index is 13.3. The highest BCUT2D eigenvalue weighted by Crippen LogP contribution is 2.18. The van der Waals surface area contributed by atoms with Crippen molar-refractivity contribution in [3.63, 3.8) is 0 Å². The van der Waals surface area contributed by atoms with Crippen molar-refractivity contribution in [1.82, 2.24) is 15.3 Å². The zero-order valence-electron chi connectivity index (χ0n) is 15.2. The van der Waals surface area contributed by atoms with Crippen LogP contribution >= 0.6 is 11.8 Å². The number of carbonyl (C=O) groups is 2. The molecule has 2 heterocycles. The molecule has 0 unspecified atom stereocenters. The molecule has 0 aliphatic rings. The number of rotatable bonds is 7. The number of nitrogens with one attached hydrogen (secondary N) is 3. The summed E-state index contributed by atoms with van der Waals surface area (Å²) in [7, 11) is 0. The van der Waals surface area contributed by atoms with Crippen molar-refractivity contribution in [3.8, 4) is 0 Å². The second-order valence-corrected chi connectivity index (χ2v) is 6.82. The summed E-state index contributed by atoms with van der Waals surface area (Å²) in [4.78, 5) is 42.6. The fraction of sp³-hybridized carbons (Fsp3) is 0.111. The van der Waals surface area contributed by atoms with Crippen LogP contribution < -0.4 is 21.9 Å². The number of nitrogen functional groups attached to an aromatic ring is 1. The predicted octanol–water partition coefficient (Wildman–Crippen LogP) is 1.88. The predicted molar refractivity (Wildman–Crippen MR) is 105 cm³/mol. The standard InChI is InChI=1S/C18H15F2N5O4S/c19-11-4-3-9(6-12(11)20)16(27)23-14-15(21)24-18(25-17(14)28)30-8-13(26)22-7-10-2-1-5-29-10/h1-6H,7-8H2,(H,22,26)(H,23,27)(H3,21,24,25,28). The van der Waals surface area contributed by atoms with Gasteiger partial charge in [-0.2, -0.15) is 0 Å². The number of amides is 2. The van der Waals surface area contributed by atoms with Gasteiger partial charge in [-0.15, -0.1) is 0 Å². The lowest BCUT2D eigenvalue weighted by Gasteiger charge is -2.09. The molecule has 0 atom stereocenters. The minimum Gasteiger partial charge on any atom is -0.467 e. The molecule has 5 N–H and O–H groups in total. The highest BCUT2D eigenvalue weighted by atomic mass is 32.2. The van der Waals surface area contributed by atoms with Crippen LogP contribution in [0.25, 0.3) is 0 Å². The van der Waals surface area contributed by atoms with Gasteiger partial charge < -0.3 is 20.8 Å². The number of furan rings is 1. The van der Waals surface area contributed by atoms with Crippen molar-refractivity contribution in [2.24, 2.45) is 0 Å². The number of aromatic nitrogens is 2. The molecule has 0 saturated carbocycles. The summed E-state index contributed by atoms with van der Waals surface area (Å²) in [6, 6.07) is 5.93. The first kappa shape index (κ1) is 21.0. The molecule has 30 heavy (non-hydrogen) atoms. The normalized spacial score (nSPS) is 10.6. The Morgan fingerprint density at radius 2 is 2.03 bits per heavy atom. The van der Waals surface area contributed by atoms with Crippen LogP contribution in [0, 0.1) is 11.6 Å². The van der Waals surface area contributed by atoms with Crippen molar-refractivity contribution >= 4 is 35.1 Å². The third-order valence-corrected chi connectivity index (χ3v) is 4.60. The van der Waals surface area contributed by atoms with Gasteiger partial charge in [0.1, 0.15) is 11.4 Å². The molecule has 0 fully saturated rings. The molecule has 3 aromatic rings. The largest absolute Gasteiger partial charge is 0.467 e. The van der Waals surface area contributed by atoms with E-state index in [0.29, 0.717) is 11.8 Å². The van der Waals surface area contributed by atoms with E-state index in [-0.39, 0.29) is 40.4 Å². The van der Waals surface area contributed by atoms with Gasteiger partial charge in [0.2, 0.25) is 5.91 Å². The Morgan fingerprint density at radius 3 is 2.70 bits per heavy atom. The van der Waals surface area contributed by atoms with Crippen molar-refractivity contribution in [2.75, 3.05) is 16.8 Å². The fourth-order valence-electron chi connectivity index (χ4n) is 2.27. The Balaban J connectivity index is 1.61. The van der Waals surface area contributed by atoms with Crippen LogP contribution in [0.5, 0.6) is 0 Å². The Kier molecular flexibility index (Phi) is 6.47. The van der Waals surface area contributed by atoms with E-state index in [1.54, 1.807) is 12.1 Å². The van der Waals surface area contributed by atoms with Gasteiger partial charge in [0.15, 0.2) is 22.6 Å². The first-order valence-corrected chi connectivity index (χ1v) is 9.40. The van der Waals surface area contributed by atoms with E-state index < -0.39 is 23.1 Å². The minimum atomic E-state index is -1.21. The average molecular weight is 435 g/mol. The van der Waals surface area contributed by atoms with Crippen LogP contribution in [-0.2, 0) is 11.3 Å². The summed E-state index contributed by atoms with van der Waals surface area (Å²) in [6.07, 6.45) is 1.49. The average Bonchev–Trinajstić information content (AvgIpc) is 3.23. The Hall–Kier alpha value is -3.67. The summed E-state index contributed by atoms with van der Waals surface area (Å²) in [5, 5.41) is 4.91. The summed E-state index contributed by atoms with van der Waals surface area (Å²) in [5.41, 5.74) is 4.40. The van der Waals surface area contributed by atoms with Crippen LogP contribution in [0.1, 0.15) is 16.1 Å². The Bertz CT molecular complexity index is 1130. The number of H-pyrrole nitrogens is 1. The Labute approximate surface area is 172 Å². The molecular weight excluding hydrogens is 420 g/mol. The highest BCUT2D eigenvalue weighted by Gasteiger charge is 2.16. The SMILES string of the molecule is Nc1nc(SCC(=O)NCc2ccco2)[nH]c(=O)c1NC(=O)c1ccc(F)c(F)c1. The van der Waals surface area contributed by atoms with Gasteiger partial charge in [-0.25, -0.2) is 13.8 Å². The summed E-state index contributed by atoms with van der Waals surface area (Å²) < 4.78 is 31.4. The lowest BCUT2D eigenvalue weighted by Crippen LogP contribution is -2.25. The smallest absolute Gasteiger partial charge is 0.277 e. The molecule has 2 aromatic heterocycles. The van der Waals surface area contributed by atoms with Crippen molar-refractivity contribution in [1.29, 1.82) is 0 Å². The number of anilines is 2. The molecule has 0 aliphatic heterocycles. The molecule has 1 aromatic carbocycles. The highest BCUT2D eigenvalue weighted by molar-refractivity contribution is 7.99. The molecule has 3 rings (SSSR count). The van der Waals surface area contributed by atoms with E-state index in [1.807, 2.05) is 0 Å². The third-order valence-electron chi connectivity index (χ3n) is 3.73. The lowest BCUT2D eigenvalue weighted by atomic mass is 10.2. The van der Waals surface area contributed by atoms with Crippen molar-refractivity contribution < 1.29 is 22.8 Å². The molecule has 0 bridgehead atoms. The molecule has 9 nitrogen and oxygen atoms in total. The number of hydrogen-bond donors (Lipinski definition) is 4. The molecule has 12 heteroatoms. The number of nitrogens with zero attached hydrogens (tertiary/aromatic N) is 1. The minimum absolute atomic E-state index is 0.0519. The first-order valence-electron chi connectivity index (χ1n) is 8.41. The van der Waals surface area contributed by atoms with Crippen LogP contribution in [0.15, 0.2) is 51.0 Å². The molecular formula is C18H15F2N5O4S. The number of hydrogen-bond acceptors (Lipinski definition) is 7. The summed E-state index contributed by atoms with van der Waals surface area (Å²) >= 11 is 0.928. The second-order valence-electron chi connectivity index (χ2n) is 5.86. The van der Waals surface area contributed by atoms with E-state index in [1.165, 1.54) is 6.26 Å². The number of halogens is 2. The topological polar surface area (TPSA) is 143 Å². The molecule has 0 aliphatic carbocycles. The maximum Gasteiger partial charge on any atom is 0.277 e. The number of nitrogens with two attached hydrogens (primary N) is 1. The van der Waals surface area contributed by atoms with Crippen molar-refractivity contribution in [3.05, 3.63) is 69.9 Å². The van der Waals surface area contributed by atoms with E-state index in [4.69, 9.17) is 10.2 Å². The second kappa shape index (κ2) is 9.22. The van der Waals surface area contributed by atoms with Gasteiger partial charge in [-0.05, 0) is 30.3 Å². The molecule has 0 radical (unpaired) electrons. The van der Waals surface area contributed by atoms with Gasteiger partial charge >= 0.3 is 0 Å². The zero-order chi connectivity index (χ0) is 21.7. The van der Waals surface area contributed by atoms with Crippen LogP contribution in [0.3, 0.4) is 0 Å². The first-order chi connectivity index (χ1) is 14.3. The monoisotopic (exact) mass is 435 g/mol. The van der Waals surface area contributed by atoms with Crippen molar-refractivity contribution in [2.45, 2.75) is 11.7 Å². The van der Waals surface area contributed by atoms with Gasteiger partial charge in [0.05, 0.1) is 18.6 Å². The zero-order valence-corrected chi connectivity index (χ0v) is 16.0. The molecule has 0 spiro atoms. The Morgan fingerprint density at radius 1 is 1.23 bits per heavy atom. The molecule has 0 saturated heterocycles. The van der Waals surface area contributed by atoms with E-state index in [9.17, 15) is 23.2 Å². The number of thioether (sulfide) groups is 1. The summed E-state index contributed by atoms with van der Waals surface area (Å²) in [5.74, 6) is -3.28. The quantitative estimate of drug-likeness (QED) is 0.328. The van der Waals surface area contributed by atoms with Gasteiger partial charge in [-0.1, -0.05) is 11.8 Å². The van der Waals surface area contributed by atoms with E-state index in [0.717, 1.165) is 23.9 Å². The third kappa shape index (κ3) is 5.23. The van der Waals surface area contributed by atoms with E-state index in [2.05, 4.69) is 20.6 Å². The lowest BCUT2D eigenvalue weighted by molar-refractivity contribution is -0.118. The van der Waals surface area contributed by atoms with Gasteiger partial charge in [0, 0.05) is 5.56 Å². The van der Waals surface area contributed by atoms with Crippen LogP contribution in [-0.4, -0.2) is 27.5 Å². The van der Waals surface area contributed by atoms with Gasteiger partial charge in [-0.3, -0.25) is 19.4 Å². The molecule has 2 amide bonds. The van der Waals surface area contributed by atoms with E-state index >= 15 is 0 Å². The van der Waals surface area contributed by atoms with Crippen LogP contribution in [0.2, 0.25) is 0 Å². The van der Waals surface area contributed by atoms with Gasteiger partial charge in [0.25, 0.3) is 11.5 Å². The summed E-state index contributed by atoms with van der Waals surface area (Å²) in [6.45, 7) is 0.216. The number of aromatic amines is 1.